The van der Waals surface area contributed by atoms with Gasteiger partial charge >= 0.3 is 0 Å². The van der Waals surface area contributed by atoms with E-state index < -0.39 is 0 Å². The van der Waals surface area contributed by atoms with Crippen LogP contribution in [0, 0.1) is 0 Å². The predicted octanol–water partition coefficient (Wildman–Crippen LogP) is 6.21. The summed E-state index contributed by atoms with van der Waals surface area (Å²) in [6.45, 7) is 21.5. The zero-order valence-corrected chi connectivity index (χ0v) is 18.6. The summed E-state index contributed by atoms with van der Waals surface area (Å²) in [7, 11) is 0. The van der Waals surface area contributed by atoms with Crippen molar-refractivity contribution < 1.29 is 9.84 Å². The number of hydrogen-bond acceptors (Lipinski definition) is 3. The molecule has 3 nitrogen and oxygen atoms in total. The summed E-state index contributed by atoms with van der Waals surface area (Å²) in [6, 6.07) is 0. The van der Waals surface area contributed by atoms with Crippen LogP contribution < -0.4 is 0 Å². The molecule has 25 heavy (non-hydrogen) atoms. The molecule has 0 saturated carbocycles. The van der Waals surface area contributed by atoms with E-state index in [9.17, 15) is 0 Å². The van der Waals surface area contributed by atoms with Crippen molar-refractivity contribution in [2.75, 3.05) is 32.8 Å². The van der Waals surface area contributed by atoms with Gasteiger partial charge in [-0.3, -0.25) is 4.90 Å². The second-order valence-corrected chi connectivity index (χ2v) is 3.96. The molecule has 0 spiro atoms. The Balaban J connectivity index is -0.000000241. The monoisotopic (exact) mass is 357 g/mol. The minimum Gasteiger partial charge on any atom is -0.493 e. The summed E-state index contributed by atoms with van der Waals surface area (Å²) in [5.41, 5.74) is 0. The highest BCUT2D eigenvalue weighted by Crippen LogP contribution is 2.07. The predicted molar refractivity (Wildman–Crippen MR) is 116 cm³/mol. The average molecular weight is 358 g/mol. The Morgan fingerprint density at radius 1 is 0.880 bits per heavy atom. The standard InChI is InChI=1S/C14H23NO2.4C2H6/c1-2-15(10-12-16)11-13-17-14-8-6-4-3-5-7-9-14;4*1-2/h3-4,7-9,16H,2,5-6,10-13H2,1H3;4*1-2H3/b4-3-,9-7?,14-8+;;;;. The van der Waals surface area contributed by atoms with Gasteiger partial charge < -0.3 is 9.84 Å². The number of aliphatic hydroxyl groups is 1. The number of rotatable bonds is 7. The molecule has 0 saturated heterocycles. The lowest BCUT2D eigenvalue weighted by molar-refractivity contribution is 0.146. The van der Waals surface area contributed by atoms with E-state index in [1.165, 1.54) is 0 Å². The first-order valence-corrected chi connectivity index (χ1v) is 10.3. The lowest BCUT2D eigenvalue weighted by Crippen LogP contribution is -2.30. The van der Waals surface area contributed by atoms with Crippen LogP contribution in [0.3, 0.4) is 0 Å². The first kappa shape index (κ1) is 31.7. The molecule has 3 heteroatoms. The topological polar surface area (TPSA) is 32.7 Å². The minimum absolute atomic E-state index is 0.210. The zero-order valence-electron chi connectivity index (χ0n) is 18.6. The van der Waals surface area contributed by atoms with Crippen molar-refractivity contribution in [2.45, 2.75) is 75.2 Å². The molecule has 0 aliphatic heterocycles. The molecular weight excluding hydrogens is 310 g/mol. The first-order chi connectivity index (χ1) is 12.4. The number of allylic oxidation sites excluding steroid dienone is 5. The van der Waals surface area contributed by atoms with Gasteiger partial charge in [-0.25, -0.2) is 0 Å². The quantitative estimate of drug-likeness (QED) is 0.550. The van der Waals surface area contributed by atoms with E-state index in [0.717, 1.165) is 38.2 Å². The molecule has 1 rings (SSSR count). The fourth-order valence-electron chi connectivity index (χ4n) is 1.68. The van der Waals surface area contributed by atoms with Gasteiger partial charge in [0.2, 0.25) is 0 Å². The molecule has 0 aromatic heterocycles. The lowest BCUT2D eigenvalue weighted by Gasteiger charge is -2.19. The van der Waals surface area contributed by atoms with Crippen molar-refractivity contribution in [2.24, 2.45) is 0 Å². The lowest BCUT2D eigenvalue weighted by atomic mass is 10.2. The third-order valence-corrected chi connectivity index (χ3v) is 2.72. The molecule has 1 aliphatic carbocycles. The van der Waals surface area contributed by atoms with Gasteiger partial charge in [-0.2, -0.15) is 0 Å². The molecule has 0 aromatic rings. The van der Waals surface area contributed by atoms with Crippen molar-refractivity contribution in [3.05, 3.63) is 36.1 Å². The van der Waals surface area contributed by atoms with Crippen LogP contribution in [0.1, 0.15) is 75.2 Å². The van der Waals surface area contributed by atoms with Gasteiger partial charge in [-0.15, -0.1) is 0 Å². The Morgan fingerprint density at radius 3 is 1.96 bits per heavy atom. The molecule has 0 atom stereocenters. The summed E-state index contributed by atoms with van der Waals surface area (Å²) in [5.74, 6) is 0.953. The minimum atomic E-state index is 0.210. The smallest absolute Gasteiger partial charge is 0.115 e. The van der Waals surface area contributed by atoms with Crippen molar-refractivity contribution in [1.82, 2.24) is 4.90 Å². The van der Waals surface area contributed by atoms with Gasteiger partial charge in [-0.1, -0.05) is 80.5 Å². The Hall–Kier alpha value is -1.06. The van der Waals surface area contributed by atoms with Gasteiger partial charge in [0.1, 0.15) is 12.4 Å². The van der Waals surface area contributed by atoms with Crippen LogP contribution in [0.2, 0.25) is 0 Å². The summed E-state index contributed by atoms with van der Waals surface area (Å²) in [4.78, 5) is 2.17. The molecule has 0 amide bonds. The van der Waals surface area contributed by atoms with E-state index in [4.69, 9.17) is 9.84 Å². The van der Waals surface area contributed by atoms with Crippen LogP contribution >= 0.6 is 0 Å². The van der Waals surface area contributed by atoms with Crippen LogP contribution in [0.25, 0.3) is 0 Å². The largest absolute Gasteiger partial charge is 0.493 e. The summed E-state index contributed by atoms with van der Waals surface area (Å²) >= 11 is 0. The Kier molecular flexibility index (Phi) is 43.5. The van der Waals surface area contributed by atoms with E-state index in [2.05, 4.69) is 36.1 Å². The molecule has 0 bridgehead atoms. The summed E-state index contributed by atoms with van der Waals surface area (Å²) in [5, 5.41) is 8.87. The molecule has 0 fully saturated rings. The third kappa shape index (κ3) is 25.3. The van der Waals surface area contributed by atoms with E-state index in [1.54, 1.807) is 0 Å². The third-order valence-electron chi connectivity index (χ3n) is 2.72. The average Bonchev–Trinajstić information content (AvgIpc) is 2.69. The molecule has 0 aromatic carbocycles. The molecule has 1 N–H and O–H groups in total. The van der Waals surface area contributed by atoms with Gasteiger partial charge in [0.15, 0.2) is 0 Å². The number of hydrogen-bond donors (Lipinski definition) is 1. The van der Waals surface area contributed by atoms with E-state index in [0.29, 0.717) is 6.61 Å². The molecule has 0 radical (unpaired) electrons. The molecule has 1 aliphatic rings. The fraction of sp³-hybridized carbons (Fsp3) is 0.727. The van der Waals surface area contributed by atoms with Crippen molar-refractivity contribution >= 4 is 0 Å². The Bertz CT molecular complexity index is 284. The van der Waals surface area contributed by atoms with Gasteiger partial charge in [0, 0.05) is 13.1 Å². The Morgan fingerprint density at radius 2 is 1.44 bits per heavy atom. The fourth-order valence-corrected chi connectivity index (χ4v) is 1.68. The van der Waals surface area contributed by atoms with E-state index in [1.807, 2.05) is 61.5 Å². The van der Waals surface area contributed by atoms with Crippen molar-refractivity contribution in [1.29, 1.82) is 0 Å². The van der Waals surface area contributed by atoms with E-state index in [-0.39, 0.29) is 6.61 Å². The molecule has 152 valence electrons. The number of nitrogens with zero attached hydrogens (tertiary/aromatic N) is 1. The SMILES string of the molecule is CC.CC.CC.CC.CCN(CCO)CCO/C1=C/C/C=C\CC=C1. The number of ether oxygens (including phenoxy) is 1. The van der Waals surface area contributed by atoms with Crippen molar-refractivity contribution in [3.8, 4) is 0 Å². The van der Waals surface area contributed by atoms with Gasteiger partial charge in [0.25, 0.3) is 0 Å². The highest BCUT2D eigenvalue weighted by molar-refractivity contribution is 5.16. The van der Waals surface area contributed by atoms with Crippen LogP contribution in [-0.4, -0.2) is 42.9 Å². The highest BCUT2D eigenvalue weighted by atomic mass is 16.5. The van der Waals surface area contributed by atoms with Gasteiger partial charge in [0.05, 0.1) is 6.61 Å². The molecular formula is C22H47NO2. The maximum absolute atomic E-state index is 8.87. The normalized spacial score (nSPS) is 14.9. The number of likely N-dealkylation sites (N-methyl/N-ethyl adjacent to an activating group) is 1. The van der Waals surface area contributed by atoms with Crippen LogP contribution in [0.5, 0.6) is 0 Å². The summed E-state index contributed by atoms with van der Waals surface area (Å²) in [6.07, 6.45) is 12.5. The maximum Gasteiger partial charge on any atom is 0.115 e. The van der Waals surface area contributed by atoms with Crippen LogP contribution in [0.15, 0.2) is 36.1 Å². The Labute approximate surface area is 159 Å². The highest BCUT2D eigenvalue weighted by Gasteiger charge is 2.01. The molecule has 0 unspecified atom stereocenters. The second-order valence-electron chi connectivity index (χ2n) is 3.96. The second kappa shape index (κ2) is 34.3. The zero-order chi connectivity index (χ0) is 20.3. The van der Waals surface area contributed by atoms with Crippen LogP contribution in [0.4, 0.5) is 0 Å². The van der Waals surface area contributed by atoms with E-state index >= 15 is 0 Å². The van der Waals surface area contributed by atoms with Crippen LogP contribution in [-0.2, 0) is 4.74 Å². The summed E-state index contributed by atoms with van der Waals surface area (Å²) < 4.78 is 5.71. The molecule has 0 heterocycles. The number of aliphatic hydroxyl groups excluding tert-OH is 1. The van der Waals surface area contributed by atoms with Crippen molar-refractivity contribution in [3.63, 3.8) is 0 Å². The first-order valence-electron chi connectivity index (χ1n) is 10.3. The van der Waals surface area contributed by atoms with Gasteiger partial charge in [-0.05, 0) is 31.5 Å². The maximum atomic E-state index is 8.87.